The summed E-state index contributed by atoms with van der Waals surface area (Å²) in [5.41, 5.74) is 0. The van der Waals surface area contributed by atoms with Gasteiger partial charge in [-0.3, -0.25) is 9.59 Å². The van der Waals surface area contributed by atoms with Crippen LogP contribution in [0.1, 0.15) is 51.4 Å². The van der Waals surface area contributed by atoms with Crippen LogP contribution in [0.4, 0.5) is 0 Å². The first kappa shape index (κ1) is 36.4. The van der Waals surface area contributed by atoms with Gasteiger partial charge < -0.3 is 28.4 Å². The van der Waals surface area contributed by atoms with Crippen LogP contribution in [0.2, 0.25) is 10.0 Å². The van der Waals surface area contributed by atoms with Gasteiger partial charge in [0.25, 0.3) is 0 Å². The van der Waals surface area contributed by atoms with Gasteiger partial charge in [-0.15, -0.1) is 0 Å². The Kier molecular flexibility index (Phi) is 15.4. The Bertz CT molecular complexity index is 1260. The summed E-state index contributed by atoms with van der Waals surface area (Å²) < 4.78 is 32.3. The number of rotatable bonds is 18. The zero-order valence-electron chi connectivity index (χ0n) is 25.5. The van der Waals surface area contributed by atoms with Crippen molar-refractivity contribution in [2.24, 2.45) is 11.8 Å². The molecule has 0 saturated heterocycles. The summed E-state index contributed by atoms with van der Waals surface area (Å²) in [7, 11) is 0. The number of hydrogen-bond donors (Lipinski definition) is 0. The van der Waals surface area contributed by atoms with Crippen molar-refractivity contribution in [3.05, 3.63) is 71.8 Å². The molecule has 12 heteroatoms. The zero-order valence-corrected chi connectivity index (χ0v) is 27.0. The van der Waals surface area contributed by atoms with Crippen molar-refractivity contribution in [1.29, 1.82) is 0 Å². The standard InChI is InChI=1S/C34H38Cl2O10/c1-3-31(37)43-19-7-5-17-41-25-13-15-29(27(35)21-25)45-33(39)23-9-11-24(12-10-23)34(40)46-30-16-14-26(22-28(30)36)42-18-6-8-20-44-32(38)4-2/h3-4,13-16,21-24H,1-2,5-12,17-20H2. The lowest BCUT2D eigenvalue weighted by Crippen LogP contribution is -2.30. The maximum Gasteiger partial charge on any atom is 0.330 e. The van der Waals surface area contributed by atoms with Gasteiger partial charge in [-0.25, -0.2) is 9.59 Å². The zero-order chi connectivity index (χ0) is 33.3. The quantitative estimate of drug-likeness (QED) is 0.0700. The minimum Gasteiger partial charge on any atom is -0.494 e. The number of benzene rings is 2. The lowest BCUT2D eigenvalue weighted by atomic mass is 9.82. The number of carbonyl (C=O) groups is 4. The predicted molar refractivity (Wildman–Crippen MR) is 171 cm³/mol. The van der Waals surface area contributed by atoms with E-state index in [9.17, 15) is 19.2 Å². The summed E-state index contributed by atoms with van der Waals surface area (Å²) in [4.78, 5) is 47.7. The molecule has 1 fully saturated rings. The molecular weight excluding hydrogens is 639 g/mol. The van der Waals surface area contributed by atoms with E-state index in [1.165, 1.54) is 0 Å². The number of esters is 4. The van der Waals surface area contributed by atoms with Crippen LogP contribution in [-0.2, 0) is 28.7 Å². The maximum atomic E-state index is 12.8. The number of hydrogen-bond acceptors (Lipinski definition) is 10. The van der Waals surface area contributed by atoms with E-state index in [4.69, 9.17) is 51.6 Å². The SMILES string of the molecule is C=CC(=O)OCCCCOc1ccc(OC(=O)C2CCC(C(=O)Oc3ccc(OCCCCOC(=O)C=C)cc3Cl)CC2)c(Cl)c1. The van der Waals surface area contributed by atoms with Gasteiger partial charge in [-0.1, -0.05) is 36.4 Å². The van der Waals surface area contributed by atoms with Gasteiger partial charge in [0.1, 0.15) is 23.0 Å². The highest BCUT2D eigenvalue weighted by Gasteiger charge is 2.32. The first-order valence-electron chi connectivity index (χ1n) is 15.1. The van der Waals surface area contributed by atoms with Gasteiger partial charge in [0.2, 0.25) is 0 Å². The van der Waals surface area contributed by atoms with Gasteiger partial charge >= 0.3 is 23.9 Å². The van der Waals surface area contributed by atoms with Crippen LogP contribution in [0, 0.1) is 11.8 Å². The molecule has 0 heterocycles. The van der Waals surface area contributed by atoms with Crippen molar-refractivity contribution in [2.75, 3.05) is 26.4 Å². The molecule has 1 aliphatic carbocycles. The molecule has 0 aliphatic heterocycles. The minimum atomic E-state index is -0.458. The Labute approximate surface area is 278 Å². The molecule has 0 radical (unpaired) electrons. The van der Waals surface area contributed by atoms with E-state index in [2.05, 4.69) is 13.2 Å². The van der Waals surface area contributed by atoms with Crippen molar-refractivity contribution >= 4 is 47.1 Å². The molecule has 2 aromatic carbocycles. The van der Waals surface area contributed by atoms with Crippen LogP contribution >= 0.6 is 23.2 Å². The highest BCUT2D eigenvalue weighted by Crippen LogP contribution is 2.35. The molecule has 0 atom stereocenters. The molecule has 0 spiro atoms. The Hall–Kier alpha value is -4.02. The van der Waals surface area contributed by atoms with Crippen LogP contribution in [0.15, 0.2) is 61.7 Å². The first-order valence-corrected chi connectivity index (χ1v) is 15.8. The van der Waals surface area contributed by atoms with Gasteiger partial charge in [-0.05, 0) is 75.6 Å². The third-order valence-electron chi connectivity index (χ3n) is 7.06. The summed E-state index contributed by atoms with van der Waals surface area (Å²) in [6.07, 6.45) is 6.71. The molecule has 0 bridgehead atoms. The third-order valence-corrected chi connectivity index (χ3v) is 7.65. The average Bonchev–Trinajstić information content (AvgIpc) is 3.06. The second kappa shape index (κ2) is 19.5. The molecule has 0 aromatic heterocycles. The summed E-state index contributed by atoms with van der Waals surface area (Å²) in [6, 6.07) is 9.63. The second-order valence-electron chi connectivity index (χ2n) is 10.4. The van der Waals surface area contributed by atoms with Crippen LogP contribution in [0.25, 0.3) is 0 Å². The van der Waals surface area contributed by atoms with Crippen LogP contribution < -0.4 is 18.9 Å². The fraction of sp³-hybridized carbons (Fsp3) is 0.412. The van der Waals surface area contributed by atoms with Crippen LogP contribution in [0.5, 0.6) is 23.0 Å². The van der Waals surface area contributed by atoms with E-state index in [0.717, 1.165) is 12.2 Å². The molecule has 2 aromatic rings. The van der Waals surface area contributed by atoms with E-state index in [0.29, 0.717) is 76.1 Å². The Morgan fingerprint density at radius 3 is 1.35 bits per heavy atom. The second-order valence-corrected chi connectivity index (χ2v) is 11.2. The monoisotopic (exact) mass is 676 g/mol. The molecule has 3 rings (SSSR count). The molecule has 248 valence electrons. The molecule has 46 heavy (non-hydrogen) atoms. The van der Waals surface area contributed by atoms with E-state index in [1.807, 2.05) is 0 Å². The van der Waals surface area contributed by atoms with Crippen molar-refractivity contribution in [3.8, 4) is 23.0 Å². The Morgan fingerprint density at radius 2 is 1.00 bits per heavy atom. The molecular formula is C34H38Cl2O10. The lowest BCUT2D eigenvalue weighted by molar-refractivity contribution is -0.145. The van der Waals surface area contributed by atoms with Crippen LogP contribution in [0.3, 0.4) is 0 Å². The Balaban J connectivity index is 1.36. The highest BCUT2D eigenvalue weighted by molar-refractivity contribution is 6.32. The van der Waals surface area contributed by atoms with Crippen molar-refractivity contribution in [3.63, 3.8) is 0 Å². The molecule has 1 saturated carbocycles. The highest BCUT2D eigenvalue weighted by atomic mass is 35.5. The van der Waals surface area contributed by atoms with E-state index in [-0.39, 0.29) is 46.6 Å². The summed E-state index contributed by atoms with van der Waals surface area (Å²) in [5, 5.41) is 0.478. The predicted octanol–water partition coefficient (Wildman–Crippen LogP) is 7.09. The third kappa shape index (κ3) is 12.4. The van der Waals surface area contributed by atoms with E-state index >= 15 is 0 Å². The molecule has 0 N–H and O–H groups in total. The number of carbonyl (C=O) groups excluding carboxylic acids is 4. The minimum absolute atomic E-state index is 0.230. The van der Waals surface area contributed by atoms with Crippen LogP contribution in [-0.4, -0.2) is 50.3 Å². The number of unbranched alkanes of at least 4 members (excludes halogenated alkanes) is 2. The molecule has 10 nitrogen and oxygen atoms in total. The average molecular weight is 678 g/mol. The maximum absolute atomic E-state index is 12.8. The summed E-state index contributed by atoms with van der Waals surface area (Å²) in [5.74, 6) is -0.980. The molecule has 1 aliphatic rings. The first-order chi connectivity index (χ1) is 22.2. The normalized spacial score (nSPS) is 15.6. The largest absolute Gasteiger partial charge is 0.494 e. The van der Waals surface area contributed by atoms with Crippen molar-refractivity contribution < 1.29 is 47.6 Å². The topological polar surface area (TPSA) is 124 Å². The van der Waals surface area contributed by atoms with E-state index in [1.54, 1.807) is 36.4 Å². The fourth-order valence-corrected chi connectivity index (χ4v) is 4.93. The molecule has 0 amide bonds. The fourth-order valence-electron chi connectivity index (χ4n) is 4.51. The van der Waals surface area contributed by atoms with Gasteiger partial charge in [-0.2, -0.15) is 0 Å². The lowest BCUT2D eigenvalue weighted by Gasteiger charge is -2.26. The number of halogens is 2. The van der Waals surface area contributed by atoms with E-state index < -0.39 is 23.9 Å². The smallest absolute Gasteiger partial charge is 0.330 e. The molecule has 0 unspecified atom stereocenters. The van der Waals surface area contributed by atoms with Crippen molar-refractivity contribution in [2.45, 2.75) is 51.4 Å². The Morgan fingerprint density at radius 1 is 0.630 bits per heavy atom. The number of ether oxygens (including phenoxy) is 6. The van der Waals surface area contributed by atoms with Gasteiger partial charge in [0, 0.05) is 24.3 Å². The van der Waals surface area contributed by atoms with Crippen molar-refractivity contribution in [1.82, 2.24) is 0 Å². The van der Waals surface area contributed by atoms with Gasteiger partial charge in [0.05, 0.1) is 48.3 Å². The van der Waals surface area contributed by atoms with Gasteiger partial charge in [0.15, 0.2) is 0 Å². The summed E-state index contributed by atoms with van der Waals surface area (Å²) >= 11 is 12.7. The summed E-state index contributed by atoms with van der Waals surface area (Å²) in [6.45, 7) is 8.05.